The molecule has 1 aromatic carbocycles. The lowest BCUT2D eigenvalue weighted by Gasteiger charge is -2.20. The van der Waals surface area contributed by atoms with Gasteiger partial charge in [-0.25, -0.2) is 4.98 Å². The van der Waals surface area contributed by atoms with Gasteiger partial charge < -0.3 is 25.2 Å². The Morgan fingerprint density at radius 1 is 1.15 bits per heavy atom. The van der Waals surface area contributed by atoms with Gasteiger partial charge in [0, 0.05) is 23.7 Å². The van der Waals surface area contributed by atoms with Crippen molar-refractivity contribution in [2.75, 3.05) is 24.0 Å². The fourth-order valence-corrected chi connectivity index (χ4v) is 2.89. The first kappa shape index (κ1) is 16.9. The van der Waals surface area contributed by atoms with Crippen molar-refractivity contribution < 1.29 is 14.6 Å². The van der Waals surface area contributed by atoms with Crippen LogP contribution in [0.25, 0.3) is 0 Å². The highest BCUT2D eigenvalue weighted by atomic mass is 16.7. The highest BCUT2D eigenvalue weighted by Gasteiger charge is 2.27. The van der Waals surface area contributed by atoms with Crippen LogP contribution in [0.3, 0.4) is 0 Å². The first-order valence-corrected chi connectivity index (χ1v) is 9.05. The normalized spacial score (nSPS) is 16.6. The van der Waals surface area contributed by atoms with Gasteiger partial charge in [-0.15, -0.1) is 0 Å². The molecule has 0 spiro atoms. The molecule has 1 aliphatic heterocycles. The average molecular weight is 356 g/mol. The highest BCUT2D eigenvalue weighted by molar-refractivity contribution is 5.63. The molecule has 1 aromatic heterocycles. The zero-order valence-corrected chi connectivity index (χ0v) is 15.0. The maximum atomic E-state index is 9.58. The van der Waals surface area contributed by atoms with Crippen molar-refractivity contribution in [3.05, 3.63) is 30.0 Å². The lowest BCUT2D eigenvalue weighted by molar-refractivity contribution is 0.174. The number of fused-ring (bicyclic) bond motifs is 1. The first-order chi connectivity index (χ1) is 12.6. The van der Waals surface area contributed by atoms with E-state index in [1.54, 1.807) is 0 Å². The zero-order chi connectivity index (χ0) is 18.1. The summed E-state index contributed by atoms with van der Waals surface area (Å²) in [6.45, 7) is 4.42. The molecule has 1 atom stereocenters. The summed E-state index contributed by atoms with van der Waals surface area (Å²) in [6.07, 6.45) is 2.32. The fourth-order valence-electron chi connectivity index (χ4n) is 2.89. The van der Waals surface area contributed by atoms with E-state index >= 15 is 0 Å². The van der Waals surface area contributed by atoms with Crippen LogP contribution in [0.5, 0.6) is 11.5 Å². The molecule has 0 unspecified atom stereocenters. The van der Waals surface area contributed by atoms with Crippen LogP contribution >= 0.6 is 0 Å². The molecule has 2 aromatic rings. The van der Waals surface area contributed by atoms with Crippen LogP contribution in [-0.4, -0.2) is 34.5 Å². The summed E-state index contributed by atoms with van der Waals surface area (Å²) >= 11 is 0. The van der Waals surface area contributed by atoms with Crippen LogP contribution in [0.4, 0.5) is 17.5 Å². The van der Waals surface area contributed by atoms with Crippen LogP contribution in [0.15, 0.2) is 24.3 Å². The highest BCUT2D eigenvalue weighted by Crippen LogP contribution is 2.40. The van der Waals surface area contributed by atoms with Crippen LogP contribution in [0, 0.1) is 5.92 Å². The van der Waals surface area contributed by atoms with Gasteiger partial charge in [0.2, 0.25) is 12.7 Å². The van der Waals surface area contributed by atoms with Crippen molar-refractivity contribution in [2.45, 2.75) is 38.6 Å². The van der Waals surface area contributed by atoms with E-state index in [0.29, 0.717) is 11.9 Å². The number of hydrogen-bond donors (Lipinski definition) is 3. The van der Waals surface area contributed by atoms with E-state index in [2.05, 4.69) is 34.4 Å². The van der Waals surface area contributed by atoms with Gasteiger partial charge >= 0.3 is 0 Å². The zero-order valence-electron chi connectivity index (χ0n) is 15.0. The summed E-state index contributed by atoms with van der Waals surface area (Å²) < 4.78 is 10.8. The summed E-state index contributed by atoms with van der Waals surface area (Å²) in [5.74, 6) is 3.53. The molecule has 1 fully saturated rings. The van der Waals surface area contributed by atoms with Crippen molar-refractivity contribution in [1.82, 2.24) is 9.97 Å². The second-order valence-corrected chi connectivity index (χ2v) is 7.15. The number of rotatable bonds is 7. The number of aliphatic hydroxyl groups is 1. The van der Waals surface area contributed by atoms with E-state index in [-0.39, 0.29) is 25.4 Å². The van der Waals surface area contributed by atoms with Gasteiger partial charge in [-0.2, -0.15) is 4.98 Å². The molecule has 0 bridgehead atoms. The Morgan fingerprint density at radius 2 is 1.96 bits per heavy atom. The minimum Gasteiger partial charge on any atom is -0.454 e. The third-order valence-electron chi connectivity index (χ3n) is 4.70. The number of ether oxygens (including phenoxy) is 2. The minimum atomic E-state index is -0.0807. The quantitative estimate of drug-likeness (QED) is 0.702. The van der Waals surface area contributed by atoms with Gasteiger partial charge in [0.1, 0.15) is 5.82 Å². The fraction of sp³-hybridized carbons (Fsp3) is 0.474. The molecule has 1 aliphatic carbocycles. The summed E-state index contributed by atoms with van der Waals surface area (Å²) in [5, 5.41) is 16.2. The summed E-state index contributed by atoms with van der Waals surface area (Å²) in [5.41, 5.74) is 1.91. The summed E-state index contributed by atoms with van der Waals surface area (Å²) in [6, 6.07) is 7.63. The molecule has 1 saturated carbocycles. The van der Waals surface area contributed by atoms with Crippen LogP contribution in [0.2, 0.25) is 0 Å². The number of aromatic nitrogens is 2. The van der Waals surface area contributed by atoms with Gasteiger partial charge in [-0.05, 0) is 30.9 Å². The average Bonchev–Trinajstić information content (AvgIpc) is 3.37. The molecule has 7 nitrogen and oxygen atoms in total. The van der Waals surface area contributed by atoms with Crippen molar-refractivity contribution in [3.8, 4) is 11.5 Å². The second-order valence-electron chi connectivity index (χ2n) is 7.15. The number of anilines is 3. The number of hydrogen-bond acceptors (Lipinski definition) is 7. The predicted octanol–water partition coefficient (Wildman–Crippen LogP) is 3.26. The maximum absolute atomic E-state index is 9.58. The lowest BCUT2D eigenvalue weighted by atomic mass is 10.1. The third kappa shape index (κ3) is 3.67. The molecular weight excluding hydrogens is 332 g/mol. The van der Waals surface area contributed by atoms with Crippen LogP contribution in [0.1, 0.15) is 38.3 Å². The first-order valence-electron chi connectivity index (χ1n) is 9.05. The molecule has 138 valence electrons. The predicted molar refractivity (Wildman–Crippen MR) is 99.2 cm³/mol. The van der Waals surface area contributed by atoms with E-state index in [0.717, 1.165) is 41.5 Å². The van der Waals surface area contributed by atoms with Gasteiger partial charge in [-0.1, -0.05) is 13.8 Å². The minimum absolute atomic E-state index is 0.0413. The Bertz CT molecular complexity index is 792. The monoisotopic (exact) mass is 356 g/mol. The van der Waals surface area contributed by atoms with Crippen molar-refractivity contribution >= 4 is 17.5 Å². The van der Waals surface area contributed by atoms with Crippen molar-refractivity contribution in [1.29, 1.82) is 0 Å². The molecule has 0 amide bonds. The molecule has 0 radical (unpaired) electrons. The molecule has 3 N–H and O–H groups in total. The SMILES string of the molecule is CC(C)[C@@H](CO)Nc1nc(Nc2ccc3c(c2)OCO3)cc(C2CC2)n1. The molecule has 4 rings (SSSR count). The van der Waals surface area contributed by atoms with Gasteiger partial charge in [0.05, 0.1) is 18.3 Å². The number of benzene rings is 1. The van der Waals surface area contributed by atoms with Crippen molar-refractivity contribution in [3.63, 3.8) is 0 Å². The topological polar surface area (TPSA) is 88.5 Å². The van der Waals surface area contributed by atoms with Gasteiger partial charge in [-0.3, -0.25) is 0 Å². The van der Waals surface area contributed by atoms with Gasteiger partial charge in [0.25, 0.3) is 0 Å². The van der Waals surface area contributed by atoms with E-state index in [4.69, 9.17) is 9.47 Å². The Morgan fingerprint density at radius 3 is 2.69 bits per heavy atom. The Balaban J connectivity index is 1.58. The van der Waals surface area contributed by atoms with E-state index < -0.39 is 0 Å². The van der Waals surface area contributed by atoms with Crippen LogP contribution in [-0.2, 0) is 0 Å². The Labute approximate surface area is 152 Å². The molecule has 0 saturated heterocycles. The Kier molecular flexibility index (Phi) is 4.55. The lowest BCUT2D eigenvalue weighted by Crippen LogP contribution is -2.30. The molecule has 2 heterocycles. The molecule has 7 heteroatoms. The Hall–Kier alpha value is -2.54. The van der Waals surface area contributed by atoms with E-state index in [1.165, 1.54) is 0 Å². The maximum Gasteiger partial charge on any atom is 0.231 e. The number of aliphatic hydroxyl groups excluding tert-OH is 1. The molecule has 2 aliphatic rings. The second kappa shape index (κ2) is 6.99. The third-order valence-corrected chi connectivity index (χ3v) is 4.70. The smallest absolute Gasteiger partial charge is 0.231 e. The molecule has 26 heavy (non-hydrogen) atoms. The number of nitrogens with zero attached hydrogens (tertiary/aromatic N) is 2. The largest absolute Gasteiger partial charge is 0.454 e. The summed E-state index contributed by atoms with van der Waals surface area (Å²) in [4.78, 5) is 9.23. The van der Waals surface area contributed by atoms with Gasteiger partial charge in [0.15, 0.2) is 11.5 Å². The van der Waals surface area contributed by atoms with Crippen LogP contribution < -0.4 is 20.1 Å². The number of nitrogens with one attached hydrogen (secondary N) is 2. The van der Waals surface area contributed by atoms with Crippen molar-refractivity contribution in [2.24, 2.45) is 5.92 Å². The van der Waals surface area contributed by atoms with E-state index in [1.807, 2.05) is 24.3 Å². The van der Waals surface area contributed by atoms with E-state index in [9.17, 15) is 5.11 Å². The molecular formula is C19H24N4O3. The standard InChI is InChI=1S/C19H24N4O3/c1-11(2)15(9-24)22-19-21-14(12-3-4-12)8-18(23-19)20-13-5-6-16-17(7-13)26-10-25-16/h5-8,11-12,15,24H,3-4,9-10H2,1-2H3,(H2,20,21,22,23)/t15-/m1/s1. The summed E-state index contributed by atoms with van der Waals surface area (Å²) in [7, 11) is 0.